The number of guanidine groups is 1. The largest absolute Gasteiger partial charge is 0.385 e. The van der Waals surface area contributed by atoms with Gasteiger partial charge >= 0.3 is 0 Å². The number of hydrogen-bond acceptors (Lipinski definition) is 5. The molecular formula is C23H40IN7O. The maximum absolute atomic E-state index is 5.17. The second kappa shape index (κ2) is 16.8. The number of methoxy groups -OCH3 is 1. The van der Waals surface area contributed by atoms with Crippen LogP contribution in [0.5, 0.6) is 0 Å². The zero-order chi connectivity index (χ0) is 22.3. The van der Waals surface area contributed by atoms with Gasteiger partial charge in [-0.2, -0.15) is 0 Å². The van der Waals surface area contributed by atoms with E-state index < -0.39 is 0 Å². The summed E-state index contributed by atoms with van der Waals surface area (Å²) in [5.41, 5.74) is 1.30. The van der Waals surface area contributed by atoms with Crippen LogP contribution in [0.1, 0.15) is 44.6 Å². The molecule has 8 nitrogen and oxygen atoms in total. The molecule has 32 heavy (non-hydrogen) atoms. The van der Waals surface area contributed by atoms with Crippen LogP contribution in [0.4, 0.5) is 0 Å². The van der Waals surface area contributed by atoms with Crippen LogP contribution in [-0.4, -0.2) is 72.1 Å². The second-order valence-corrected chi connectivity index (χ2v) is 7.33. The van der Waals surface area contributed by atoms with Crippen LogP contribution in [0, 0.1) is 0 Å². The molecule has 9 heteroatoms. The van der Waals surface area contributed by atoms with E-state index in [0.29, 0.717) is 6.54 Å². The van der Waals surface area contributed by atoms with Gasteiger partial charge in [0, 0.05) is 39.8 Å². The number of hydrogen-bond donors (Lipinski definition) is 2. The van der Waals surface area contributed by atoms with Gasteiger partial charge < -0.3 is 19.9 Å². The van der Waals surface area contributed by atoms with Crippen LogP contribution in [0.15, 0.2) is 41.7 Å². The Morgan fingerprint density at radius 3 is 2.50 bits per heavy atom. The summed E-state index contributed by atoms with van der Waals surface area (Å²) in [4.78, 5) is 7.40. The average Bonchev–Trinajstić information content (AvgIpc) is 3.27. The molecule has 180 valence electrons. The molecule has 1 atom stereocenters. The van der Waals surface area contributed by atoms with Crippen molar-refractivity contribution in [3.05, 3.63) is 48.0 Å². The molecule has 0 amide bonds. The molecule has 1 heterocycles. The van der Waals surface area contributed by atoms with E-state index in [1.165, 1.54) is 5.56 Å². The minimum atomic E-state index is 0. The van der Waals surface area contributed by atoms with Gasteiger partial charge in [-0.1, -0.05) is 51.1 Å². The van der Waals surface area contributed by atoms with E-state index in [1.807, 2.05) is 0 Å². The first-order valence-electron chi connectivity index (χ1n) is 11.4. The molecule has 0 aliphatic rings. The van der Waals surface area contributed by atoms with Gasteiger partial charge in [0.15, 0.2) is 5.96 Å². The van der Waals surface area contributed by atoms with Crippen LogP contribution in [0.25, 0.3) is 0 Å². The summed E-state index contributed by atoms with van der Waals surface area (Å²) in [7, 11) is 1.73. The number of nitrogens with one attached hydrogen (secondary N) is 2. The van der Waals surface area contributed by atoms with Crippen molar-refractivity contribution in [3.8, 4) is 0 Å². The number of aliphatic imine (C=N–C) groups is 1. The molecule has 2 rings (SSSR count). The average molecular weight is 558 g/mol. The molecule has 0 radical (unpaired) electrons. The fourth-order valence-electron chi connectivity index (χ4n) is 3.58. The highest BCUT2D eigenvalue weighted by Gasteiger charge is 2.17. The van der Waals surface area contributed by atoms with Gasteiger partial charge in [-0.15, -0.1) is 34.2 Å². The minimum Gasteiger partial charge on any atom is -0.385 e. The van der Waals surface area contributed by atoms with Gasteiger partial charge in [0.25, 0.3) is 0 Å². The molecular weight excluding hydrogens is 517 g/mol. The smallest absolute Gasteiger partial charge is 0.191 e. The van der Waals surface area contributed by atoms with Crippen LogP contribution >= 0.6 is 24.0 Å². The third-order valence-electron chi connectivity index (χ3n) is 5.33. The van der Waals surface area contributed by atoms with Crippen molar-refractivity contribution < 1.29 is 4.74 Å². The van der Waals surface area contributed by atoms with Crippen LogP contribution in [0.2, 0.25) is 0 Å². The van der Waals surface area contributed by atoms with E-state index in [0.717, 1.165) is 64.0 Å². The minimum absolute atomic E-state index is 0. The second-order valence-electron chi connectivity index (χ2n) is 7.33. The number of aryl methyl sites for hydroxylation is 1. The van der Waals surface area contributed by atoms with Crippen molar-refractivity contribution in [3.63, 3.8) is 0 Å². The third kappa shape index (κ3) is 9.41. The fourth-order valence-corrected chi connectivity index (χ4v) is 3.58. The highest BCUT2D eigenvalue weighted by molar-refractivity contribution is 14.0. The topological polar surface area (TPSA) is 79.6 Å². The lowest BCUT2D eigenvalue weighted by Gasteiger charge is -2.29. The number of benzene rings is 1. The first kappa shape index (κ1) is 28.3. The molecule has 0 aliphatic heterocycles. The Labute approximate surface area is 210 Å². The molecule has 0 spiro atoms. The summed E-state index contributed by atoms with van der Waals surface area (Å²) in [6.45, 7) is 12.3. The summed E-state index contributed by atoms with van der Waals surface area (Å²) in [5, 5.41) is 15.1. The normalized spacial score (nSPS) is 12.5. The van der Waals surface area contributed by atoms with Gasteiger partial charge in [-0.3, -0.25) is 9.89 Å². The molecule has 0 saturated heterocycles. The SMILES string of the molecule is CCc1nncn1CCNC(=NCC(c1ccccc1)N(CC)CC)NCCCOC.I. The molecule has 0 fully saturated rings. The van der Waals surface area contributed by atoms with E-state index in [1.54, 1.807) is 13.4 Å². The highest BCUT2D eigenvalue weighted by atomic mass is 127. The lowest BCUT2D eigenvalue weighted by atomic mass is 10.1. The highest BCUT2D eigenvalue weighted by Crippen LogP contribution is 2.20. The standard InChI is InChI=1S/C23H39N7O.HI/c1-5-22-28-27-19-30(22)16-15-25-23(24-14-11-17-31-4)26-18-21(29(6-2)7-3)20-12-9-8-10-13-20;/h8-10,12-13,19,21H,5-7,11,14-18H2,1-4H3,(H2,24,25,26);1H. The molecule has 0 aliphatic carbocycles. The first-order valence-corrected chi connectivity index (χ1v) is 11.4. The molecule has 2 aromatic rings. The Kier molecular flexibility index (Phi) is 14.9. The Balaban J connectivity index is 0.00000512. The van der Waals surface area contributed by atoms with Crippen molar-refractivity contribution in [2.24, 2.45) is 4.99 Å². The van der Waals surface area contributed by atoms with Crippen LogP contribution in [0.3, 0.4) is 0 Å². The molecule has 0 saturated carbocycles. The molecule has 0 bridgehead atoms. The Bertz CT molecular complexity index is 750. The summed E-state index contributed by atoms with van der Waals surface area (Å²) in [6.07, 6.45) is 3.59. The van der Waals surface area contributed by atoms with Crippen molar-refractivity contribution >= 4 is 29.9 Å². The zero-order valence-corrected chi connectivity index (χ0v) is 22.3. The lowest BCUT2D eigenvalue weighted by Crippen LogP contribution is -2.40. The number of nitrogens with zero attached hydrogens (tertiary/aromatic N) is 5. The Morgan fingerprint density at radius 2 is 1.84 bits per heavy atom. The third-order valence-corrected chi connectivity index (χ3v) is 5.33. The van der Waals surface area contributed by atoms with E-state index in [9.17, 15) is 0 Å². The van der Waals surface area contributed by atoms with E-state index >= 15 is 0 Å². The molecule has 1 aromatic carbocycles. The molecule has 2 N–H and O–H groups in total. The number of aromatic nitrogens is 3. The Hall–Kier alpha value is -1.72. The van der Waals surface area contributed by atoms with E-state index in [-0.39, 0.29) is 30.0 Å². The first-order chi connectivity index (χ1) is 15.2. The van der Waals surface area contributed by atoms with Gasteiger partial charge in [0.1, 0.15) is 12.2 Å². The Morgan fingerprint density at radius 1 is 1.12 bits per heavy atom. The van der Waals surface area contributed by atoms with Gasteiger partial charge in [-0.05, 0) is 25.1 Å². The summed E-state index contributed by atoms with van der Waals surface area (Å²) in [6, 6.07) is 10.9. The fraction of sp³-hybridized carbons (Fsp3) is 0.609. The predicted octanol–water partition coefficient (Wildman–Crippen LogP) is 3.11. The van der Waals surface area contributed by atoms with Crippen molar-refractivity contribution in [1.29, 1.82) is 0 Å². The zero-order valence-electron chi connectivity index (χ0n) is 20.0. The van der Waals surface area contributed by atoms with Crippen LogP contribution in [-0.2, 0) is 17.7 Å². The summed E-state index contributed by atoms with van der Waals surface area (Å²) < 4.78 is 7.25. The van der Waals surface area contributed by atoms with Gasteiger partial charge in [-0.25, -0.2) is 0 Å². The summed E-state index contributed by atoms with van der Waals surface area (Å²) >= 11 is 0. The quantitative estimate of drug-likeness (QED) is 0.161. The van der Waals surface area contributed by atoms with Crippen LogP contribution < -0.4 is 10.6 Å². The maximum atomic E-state index is 5.17. The van der Waals surface area contributed by atoms with E-state index in [2.05, 4.69) is 81.4 Å². The summed E-state index contributed by atoms with van der Waals surface area (Å²) in [5.74, 6) is 1.83. The molecule has 1 aromatic heterocycles. The monoisotopic (exact) mass is 557 g/mol. The number of ether oxygens (including phenoxy) is 1. The van der Waals surface area contributed by atoms with E-state index in [4.69, 9.17) is 9.73 Å². The van der Waals surface area contributed by atoms with Crippen molar-refractivity contribution in [1.82, 2.24) is 30.3 Å². The van der Waals surface area contributed by atoms with Crippen molar-refractivity contribution in [2.75, 3.05) is 46.4 Å². The van der Waals surface area contributed by atoms with Crippen molar-refractivity contribution in [2.45, 2.75) is 46.2 Å². The maximum Gasteiger partial charge on any atom is 0.191 e. The molecule has 1 unspecified atom stereocenters. The number of rotatable bonds is 14. The number of likely N-dealkylation sites (N-methyl/N-ethyl adjacent to an activating group) is 1. The van der Waals surface area contributed by atoms with Gasteiger partial charge in [0.2, 0.25) is 0 Å². The van der Waals surface area contributed by atoms with Gasteiger partial charge in [0.05, 0.1) is 12.6 Å². The predicted molar refractivity (Wildman–Crippen MR) is 142 cm³/mol. The number of halogens is 1. The lowest BCUT2D eigenvalue weighted by molar-refractivity contribution is 0.195.